The monoisotopic (exact) mass is 240 g/mol. The molecular formula is C13H21FN2O. The van der Waals surface area contributed by atoms with Crippen LogP contribution >= 0.6 is 0 Å². The molecule has 0 fully saturated rings. The largest absolute Gasteiger partial charge is 0.494 e. The SMILES string of the molecule is CCC(C)C(Cc1ccc(OC)c(F)c1)NN. The Balaban J connectivity index is 2.76. The second-order valence-corrected chi connectivity index (χ2v) is 4.33. The van der Waals surface area contributed by atoms with Gasteiger partial charge in [0.15, 0.2) is 11.6 Å². The van der Waals surface area contributed by atoms with E-state index in [0.717, 1.165) is 12.0 Å². The number of ether oxygens (including phenoxy) is 1. The van der Waals surface area contributed by atoms with Crippen LogP contribution in [0.25, 0.3) is 0 Å². The lowest BCUT2D eigenvalue weighted by atomic mass is 9.93. The molecule has 1 aromatic carbocycles. The smallest absolute Gasteiger partial charge is 0.165 e. The van der Waals surface area contributed by atoms with Gasteiger partial charge in [0.1, 0.15) is 0 Å². The molecule has 2 atom stereocenters. The third kappa shape index (κ3) is 3.68. The van der Waals surface area contributed by atoms with Gasteiger partial charge in [-0.15, -0.1) is 0 Å². The summed E-state index contributed by atoms with van der Waals surface area (Å²) in [4.78, 5) is 0. The zero-order valence-electron chi connectivity index (χ0n) is 10.7. The Morgan fingerprint density at radius 1 is 1.47 bits per heavy atom. The van der Waals surface area contributed by atoms with Crippen LogP contribution in [0, 0.1) is 11.7 Å². The van der Waals surface area contributed by atoms with E-state index >= 15 is 0 Å². The Morgan fingerprint density at radius 3 is 2.65 bits per heavy atom. The number of nitrogens with one attached hydrogen (secondary N) is 1. The van der Waals surface area contributed by atoms with Crippen molar-refractivity contribution in [1.29, 1.82) is 0 Å². The molecule has 96 valence electrons. The summed E-state index contributed by atoms with van der Waals surface area (Å²) in [5, 5.41) is 0. The average molecular weight is 240 g/mol. The first-order valence-corrected chi connectivity index (χ1v) is 5.90. The van der Waals surface area contributed by atoms with Crippen LogP contribution in [0.3, 0.4) is 0 Å². The number of benzene rings is 1. The lowest BCUT2D eigenvalue weighted by molar-refractivity contribution is 0.367. The van der Waals surface area contributed by atoms with Crippen LogP contribution in [0.2, 0.25) is 0 Å². The molecule has 0 heterocycles. The summed E-state index contributed by atoms with van der Waals surface area (Å²) in [5.41, 5.74) is 3.72. The summed E-state index contributed by atoms with van der Waals surface area (Å²) < 4.78 is 18.4. The molecule has 2 unspecified atom stereocenters. The third-order valence-corrected chi connectivity index (χ3v) is 3.22. The molecule has 1 aromatic rings. The van der Waals surface area contributed by atoms with Crippen LogP contribution in [0.4, 0.5) is 4.39 Å². The quantitative estimate of drug-likeness (QED) is 0.592. The molecule has 17 heavy (non-hydrogen) atoms. The Labute approximate surface area is 102 Å². The van der Waals surface area contributed by atoms with Gasteiger partial charge in [0, 0.05) is 6.04 Å². The zero-order valence-corrected chi connectivity index (χ0v) is 10.7. The van der Waals surface area contributed by atoms with Crippen LogP contribution in [0.1, 0.15) is 25.8 Å². The minimum Gasteiger partial charge on any atom is -0.494 e. The lowest BCUT2D eigenvalue weighted by Gasteiger charge is -2.22. The van der Waals surface area contributed by atoms with Crippen LogP contribution in [-0.4, -0.2) is 13.2 Å². The first-order chi connectivity index (χ1) is 8.12. The van der Waals surface area contributed by atoms with Crippen molar-refractivity contribution in [3.8, 4) is 5.75 Å². The van der Waals surface area contributed by atoms with Crippen molar-refractivity contribution in [2.45, 2.75) is 32.7 Å². The molecule has 0 saturated carbocycles. The fourth-order valence-corrected chi connectivity index (χ4v) is 1.80. The summed E-state index contributed by atoms with van der Waals surface area (Å²) >= 11 is 0. The third-order valence-electron chi connectivity index (χ3n) is 3.22. The first kappa shape index (κ1) is 13.9. The van der Waals surface area contributed by atoms with E-state index in [0.29, 0.717) is 12.3 Å². The van der Waals surface area contributed by atoms with Gasteiger partial charge in [0.2, 0.25) is 0 Å². The molecule has 0 aromatic heterocycles. The number of rotatable bonds is 6. The van der Waals surface area contributed by atoms with Crippen molar-refractivity contribution >= 4 is 0 Å². The lowest BCUT2D eigenvalue weighted by Crippen LogP contribution is -2.41. The minimum absolute atomic E-state index is 0.160. The van der Waals surface area contributed by atoms with Gasteiger partial charge in [-0.1, -0.05) is 26.3 Å². The van der Waals surface area contributed by atoms with Crippen molar-refractivity contribution in [1.82, 2.24) is 5.43 Å². The first-order valence-electron chi connectivity index (χ1n) is 5.90. The van der Waals surface area contributed by atoms with Gasteiger partial charge in [-0.05, 0) is 30.0 Å². The van der Waals surface area contributed by atoms with Crippen molar-refractivity contribution in [3.63, 3.8) is 0 Å². The number of hydrogen-bond acceptors (Lipinski definition) is 3. The molecule has 0 bridgehead atoms. The Hall–Kier alpha value is -1.13. The minimum atomic E-state index is -0.329. The molecule has 0 radical (unpaired) electrons. The number of nitrogens with two attached hydrogens (primary N) is 1. The maximum Gasteiger partial charge on any atom is 0.165 e. The molecule has 0 saturated heterocycles. The van der Waals surface area contributed by atoms with Gasteiger partial charge >= 0.3 is 0 Å². The van der Waals surface area contributed by atoms with E-state index in [1.807, 2.05) is 6.07 Å². The van der Waals surface area contributed by atoms with Crippen molar-refractivity contribution in [3.05, 3.63) is 29.6 Å². The summed E-state index contributed by atoms with van der Waals surface area (Å²) in [6.07, 6.45) is 1.75. The van der Waals surface area contributed by atoms with Crippen molar-refractivity contribution in [2.75, 3.05) is 7.11 Å². The van der Waals surface area contributed by atoms with Gasteiger partial charge in [-0.25, -0.2) is 4.39 Å². The maximum absolute atomic E-state index is 13.5. The molecule has 0 aliphatic rings. The predicted octanol–water partition coefficient (Wildman–Crippen LogP) is 2.25. The topological polar surface area (TPSA) is 47.3 Å². The van der Waals surface area contributed by atoms with Gasteiger partial charge in [0.25, 0.3) is 0 Å². The Kier molecular flexibility index (Phi) is 5.38. The van der Waals surface area contributed by atoms with Gasteiger partial charge in [-0.3, -0.25) is 11.3 Å². The molecule has 0 aliphatic heterocycles. The van der Waals surface area contributed by atoms with E-state index in [1.165, 1.54) is 13.2 Å². The average Bonchev–Trinajstić information content (AvgIpc) is 2.35. The molecule has 0 spiro atoms. The van der Waals surface area contributed by atoms with Gasteiger partial charge in [0.05, 0.1) is 7.11 Å². The van der Waals surface area contributed by atoms with Crippen molar-refractivity contribution in [2.24, 2.45) is 11.8 Å². The van der Waals surface area contributed by atoms with Crippen LogP contribution in [0.5, 0.6) is 5.75 Å². The summed E-state index contributed by atoms with van der Waals surface area (Å²) in [7, 11) is 1.46. The highest BCUT2D eigenvalue weighted by molar-refractivity contribution is 5.29. The molecule has 4 heteroatoms. The number of methoxy groups -OCH3 is 1. The van der Waals surface area contributed by atoms with E-state index < -0.39 is 0 Å². The summed E-state index contributed by atoms with van der Waals surface area (Å²) in [6.45, 7) is 4.24. The highest BCUT2D eigenvalue weighted by Crippen LogP contribution is 2.20. The van der Waals surface area contributed by atoms with Gasteiger partial charge in [-0.2, -0.15) is 0 Å². The van der Waals surface area contributed by atoms with E-state index in [-0.39, 0.29) is 17.6 Å². The standard InChI is InChI=1S/C13H21FN2O/c1-4-9(2)12(16-15)8-10-5-6-13(17-3)11(14)7-10/h5-7,9,12,16H,4,8,15H2,1-3H3. The molecular weight excluding hydrogens is 219 g/mol. The van der Waals surface area contributed by atoms with E-state index in [1.54, 1.807) is 6.07 Å². The number of hydrogen-bond donors (Lipinski definition) is 2. The van der Waals surface area contributed by atoms with Crippen LogP contribution in [-0.2, 0) is 6.42 Å². The van der Waals surface area contributed by atoms with E-state index in [4.69, 9.17) is 10.6 Å². The molecule has 3 nitrogen and oxygen atoms in total. The summed E-state index contributed by atoms with van der Waals surface area (Å²) in [6, 6.07) is 5.18. The molecule has 3 N–H and O–H groups in total. The molecule has 1 rings (SSSR count). The fraction of sp³-hybridized carbons (Fsp3) is 0.538. The Bertz CT molecular complexity index is 357. The molecule has 0 aliphatic carbocycles. The normalized spacial score (nSPS) is 14.4. The Morgan fingerprint density at radius 2 is 2.18 bits per heavy atom. The number of hydrazine groups is 1. The van der Waals surface area contributed by atoms with E-state index in [9.17, 15) is 4.39 Å². The summed E-state index contributed by atoms with van der Waals surface area (Å²) in [5.74, 6) is 5.92. The number of halogens is 1. The highest BCUT2D eigenvalue weighted by Gasteiger charge is 2.15. The zero-order chi connectivity index (χ0) is 12.8. The van der Waals surface area contributed by atoms with Crippen molar-refractivity contribution < 1.29 is 9.13 Å². The van der Waals surface area contributed by atoms with Crippen LogP contribution in [0.15, 0.2) is 18.2 Å². The van der Waals surface area contributed by atoms with E-state index in [2.05, 4.69) is 19.3 Å². The van der Waals surface area contributed by atoms with Crippen LogP contribution < -0.4 is 16.0 Å². The second kappa shape index (κ2) is 6.57. The molecule has 0 amide bonds. The second-order valence-electron chi connectivity index (χ2n) is 4.33. The fourth-order valence-electron chi connectivity index (χ4n) is 1.80. The maximum atomic E-state index is 13.5. The van der Waals surface area contributed by atoms with Gasteiger partial charge < -0.3 is 4.74 Å². The predicted molar refractivity (Wildman–Crippen MR) is 67.2 cm³/mol. The highest BCUT2D eigenvalue weighted by atomic mass is 19.1.